The van der Waals surface area contributed by atoms with E-state index in [2.05, 4.69) is 33.5 Å². The fourth-order valence-corrected chi connectivity index (χ4v) is 5.69. The summed E-state index contributed by atoms with van der Waals surface area (Å²) in [4.78, 5) is 14.0. The van der Waals surface area contributed by atoms with E-state index in [0.717, 1.165) is 29.8 Å². The maximum Gasteiger partial charge on any atom is 0.256 e. The van der Waals surface area contributed by atoms with Crippen LogP contribution < -0.4 is 10.6 Å². The number of benzene rings is 1. The van der Waals surface area contributed by atoms with Gasteiger partial charge < -0.3 is 15.7 Å². The van der Waals surface area contributed by atoms with Gasteiger partial charge in [0, 0.05) is 15.5 Å². The lowest BCUT2D eigenvalue weighted by molar-refractivity contribution is 0.0935. The van der Waals surface area contributed by atoms with Crippen molar-refractivity contribution < 1.29 is 9.90 Å². The van der Waals surface area contributed by atoms with Crippen LogP contribution in [0.15, 0.2) is 16.6 Å². The lowest BCUT2D eigenvalue weighted by Crippen LogP contribution is -2.38. The van der Waals surface area contributed by atoms with E-state index in [1.165, 1.54) is 10.4 Å². The number of phenolic OH excluding ortho intramolecular Hbond substituents is 1. The third kappa shape index (κ3) is 2.61. The van der Waals surface area contributed by atoms with E-state index in [4.69, 9.17) is 11.6 Å². The van der Waals surface area contributed by atoms with E-state index >= 15 is 0 Å². The SMILES string of the molecule is C[C@@H]1CCc2c(sc3c2C(=O)N[C@H](c2cc(Cl)cc(Br)c2O)N3)C1. The third-order valence-corrected chi connectivity index (χ3v) is 6.67. The van der Waals surface area contributed by atoms with Crippen LogP contribution in [0.5, 0.6) is 5.75 Å². The van der Waals surface area contributed by atoms with Crippen molar-refractivity contribution in [1.29, 1.82) is 0 Å². The predicted octanol–water partition coefficient (Wildman–Crippen LogP) is 4.85. The Labute approximate surface area is 157 Å². The molecule has 4 nitrogen and oxygen atoms in total. The van der Waals surface area contributed by atoms with Crippen molar-refractivity contribution in [2.45, 2.75) is 32.4 Å². The van der Waals surface area contributed by atoms with Gasteiger partial charge in [-0.15, -0.1) is 11.3 Å². The Kier molecular flexibility index (Phi) is 4.01. The number of thiophene rings is 1. The van der Waals surface area contributed by atoms with Gasteiger partial charge in [0.15, 0.2) is 0 Å². The van der Waals surface area contributed by atoms with Crippen molar-refractivity contribution in [2.24, 2.45) is 5.92 Å². The average molecular weight is 428 g/mol. The summed E-state index contributed by atoms with van der Waals surface area (Å²) >= 11 is 11.0. The first-order chi connectivity index (χ1) is 11.4. The van der Waals surface area contributed by atoms with Crippen LogP contribution in [0.2, 0.25) is 5.02 Å². The van der Waals surface area contributed by atoms with E-state index in [9.17, 15) is 9.90 Å². The van der Waals surface area contributed by atoms with Gasteiger partial charge in [0.25, 0.3) is 5.91 Å². The number of fused-ring (bicyclic) bond motifs is 3. The fraction of sp³-hybridized carbons (Fsp3) is 0.353. The van der Waals surface area contributed by atoms with E-state index in [1.807, 2.05) is 0 Å². The van der Waals surface area contributed by atoms with Gasteiger partial charge >= 0.3 is 0 Å². The minimum atomic E-state index is -0.502. The lowest BCUT2D eigenvalue weighted by Gasteiger charge is -2.27. The van der Waals surface area contributed by atoms with Crippen molar-refractivity contribution in [3.63, 3.8) is 0 Å². The van der Waals surface area contributed by atoms with Gasteiger partial charge in [-0.3, -0.25) is 4.79 Å². The van der Waals surface area contributed by atoms with Gasteiger partial charge in [-0.1, -0.05) is 18.5 Å². The number of rotatable bonds is 1. The molecule has 1 aliphatic carbocycles. The minimum absolute atomic E-state index is 0.0793. The molecule has 1 amide bonds. The van der Waals surface area contributed by atoms with Crippen LogP contribution in [0.4, 0.5) is 5.00 Å². The third-order valence-electron chi connectivity index (χ3n) is 4.66. The summed E-state index contributed by atoms with van der Waals surface area (Å²) in [6.45, 7) is 2.25. The number of carbonyl (C=O) groups excluding carboxylic acids is 1. The number of hydrogen-bond acceptors (Lipinski definition) is 4. The van der Waals surface area contributed by atoms with Crippen LogP contribution >= 0.6 is 38.9 Å². The summed E-state index contributed by atoms with van der Waals surface area (Å²) in [7, 11) is 0. The van der Waals surface area contributed by atoms with Crippen LogP contribution in [0.1, 0.15) is 45.9 Å². The highest BCUT2D eigenvalue weighted by molar-refractivity contribution is 9.10. The minimum Gasteiger partial charge on any atom is -0.506 e. The molecule has 1 aromatic heterocycles. The number of carbonyl (C=O) groups is 1. The molecule has 0 bridgehead atoms. The molecular weight excluding hydrogens is 412 g/mol. The maximum atomic E-state index is 12.7. The highest BCUT2D eigenvalue weighted by Gasteiger charge is 2.34. The number of phenols is 1. The summed E-state index contributed by atoms with van der Waals surface area (Å²) in [5, 5.41) is 18.0. The zero-order valence-corrected chi connectivity index (χ0v) is 16.1. The highest BCUT2D eigenvalue weighted by Crippen LogP contribution is 2.44. The van der Waals surface area contributed by atoms with Crippen molar-refractivity contribution >= 4 is 49.8 Å². The first-order valence-electron chi connectivity index (χ1n) is 7.84. The molecule has 2 aromatic rings. The zero-order valence-electron chi connectivity index (χ0n) is 13.0. The van der Waals surface area contributed by atoms with E-state index < -0.39 is 6.17 Å². The fourth-order valence-electron chi connectivity index (χ4n) is 3.42. The molecule has 0 saturated carbocycles. The molecule has 0 spiro atoms. The van der Waals surface area contributed by atoms with Crippen molar-refractivity contribution in [3.05, 3.63) is 43.2 Å². The number of halogens is 2. The largest absolute Gasteiger partial charge is 0.506 e. The zero-order chi connectivity index (χ0) is 17.0. The van der Waals surface area contributed by atoms with Gasteiger partial charge in [-0.05, 0) is 58.8 Å². The van der Waals surface area contributed by atoms with Crippen molar-refractivity contribution in [3.8, 4) is 5.75 Å². The molecule has 7 heteroatoms. The quantitative estimate of drug-likeness (QED) is 0.610. The smallest absolute Gasteiger partial charge is 0.256 e. The number of hydrogen-bond donors (Lipinski definition) is 3. The average Bonchev–Trinajstić information content (AvgIpc) is 2.88. The molecule has 4 rings (SSSR count). The van der Waals surface area contributed by atoms with Crippen molar-refractivity contribution in [1.82, 2.24) is 5.32 Å². The van der Waals surface area contributed by atoms with Gasteiger partial charge in [-0.2, -0.15) is 0 Å². The predicted molar refractivity (Wildman–Crippen MR) is 100 cm³/mol. The highest BCUT2D eigenvalue weighted by atomic mass is 79.9. The van der Waals surface area contributed by atoms with Crippen molar-refractivity contribution in [2.75, 3.05) is 5.32 Å². The summed E-state index contributed by atoms with van der Waals surface area (Å²) in [5.41, 5.74) is 2.51. The number of amides is 1. The molecule has 126 valence electrons. The van der Waals surface area contributed by atoms with Gasteiger partial charge in [-0.25, -0.2) is 0 Å². The van der Waals surface area contributed by atoms with Crippen LogP contribution in [0, 0.1) is 5.92 Å². The molecule has 0 unspecified atom stereocenters. The first-order valence-corrected chi connectivity index (χ1v) is 9.82. The number of nitrogens with one attached hydrogen (secondary N) is 2. The normalized spacial score (nSPS) is 22.4. The second kappa shape index (κ2) is 5.93. The molecule has 2 atom stereocenters. The molecule has 1 aliphatic heterocycles. The molecule has 0 saturated heterocycles. The Hall–Kier alpha value is -1.24. The summed E-state index contributed by atoms with van der Waals surface area (Å²) < 4.78 is 0.506. The van der Waals surface area contributed by atoms with E-state index in [-0.39, 0.29) is 11.7 Å². The Morgan fingerprint density at radius 2 is 2.17 bits per heavy atom. The van der Waals surface area contributed by atoms with Gasteiger partial charge in [0.1, 0.15) is 16.9 Å². The summed E-state index contributed by atoms with van der Waals surface area (Å²) in [6.07, 6.45) is 2.60. The molecule has 0 fully saturated rings. The van der Waals surface area contributed by atoms with Crippen LogP contribution in [0.25, 0.3) is 0 Å². The maximum absolute atomic E-state index is 12.7. The molecule has 2 aliphatic rings. The summed E-state index contributed by atoms with van der Waals surface area (Å²) in [6, 6.07) is 3.29. The second-order valence-corrected chi connectivity index (χ2v) is 8.83. The molecule has 2 heterocycles. The molecule has 3 N–H and O–H groups in total. The monoisotopic (exact) mass is 426 g/mol. The van der Waals surface area contributed by atoms with Gasteiger partial charge in [0.05, 0.1) is 10.0 Å². The first kappa shape index (κ1) is 16.2. The standard InChI is InChI=1S/C17H16BrClN2O2S/c1-7-2-3-9-12(4-7)24-17-13(9)16(23)20-15(21-17)10-5-8(19)6-11(18)14(10)22/h5-7,15,21-22H,2-4H2,1H3,(H,20,23)/t7-,15+/m1/s1. The molecule has 1 aromatic carbocycles. The van der Waals surface area contributed by atoms with Gasteiger partial charge in [0.2, 0.25) is 0 Å². The second-order valence-electron chi connectivity index (χ2n) is 6.43. The van der Waals surface area contributed by atoms with Crippen LogP contribution in [-0.2, 0) is 12.8 Å². The number of anilines is 1. The Bertz CT molecular complexity index is 852. The summed E-state index contributed by atoms with van der Waals surface area (Å²) in [5.74, 6) is 0.649. The topological polar surface area (TPSA) is 61.4 Å². The van der Waals surface area contributed by atoms with Crippen LogP contribution in [-0.4, -0.2) is 11.0 Å². The Morgan fingerprint density at radius 3 is 2.96 bits per heavy atom. The number of aromatic hydroxyl groups is 1. The Balaban J connectivity index is 1.74. The van der Waals surface area contributed by atoms with Crippen LogP contribution in [0.3, 0.4) is 0 Å². The molecular formula is C17H16BrClN2O2S. The van der Waals surface area contributed by atoms with E-state index in [0.29, 0.717) is 21.0 Å². The Morgan fingerprint density at radius 1 is 1.38 bits per heavy atom. The van der Waals surface area contributed by atoms with E-state index in [1.54, 1.807) is 23.5 Å². The lowest BCUT2D eigenvalue weighted by atomic mass is 9.88. The molecule has 24 heavy (non-hydrogen) atoms. The molecule has 0 radical (unpaired) electrons.